The van der Waals surface area contributed by atoms with Gasteiger partial charge in [0.1, 0.15) is 5.82 Å². The van der Waals surface area contributed by atoms with Crippen molar-refractivity contribution in [1.82, 2.24) is 0 Å². The third kappa shape index (κ3) is 2.87. The highest BCUT2D eigenvalue weighted by Crippen LogP contribution is 2.23. The van der Waals surface area contributed by atoms with Crippen molar-refractivity contribution in [2.45, 2.75) is 20.4 Å². The molecule has 0 spiro atoms. The standard InChI is InChI=1S/C16H19FN2/c1-3-19(16-10-5-4-8-14(16)17)11-13-7-6-9-15(18)12(13)2/h4-10H,3,11,18H2,1-2H3. The fraction of sp³-hybridized carbons (Fsp3) is 0.250. The molecular formula is C16H19FN2. The number of hydrogen-bond acceptors (Lipinski definition) is 2. The van der Waals surface area contributed by atoms with E-state index in [1.165, 1.54) is 6.07 Å². The average molecular weight is 258 g/mol. The van der Waals surface area contributed by atoms with Gasteiger partial charge in [-0.05, 0) is 43.2 Å². The molecule has 19 heavy (non-hydrogen) atoms. The number of nitrogen functional groups attached to an aromatic ring is 1. The molecule has 2 aromatic rings. The van der Waals surface area contributed by atoms with E-state index in [9.17, 15) is 4.39 Å². The lowest BCUT2D eigenvalue weighted by molar-refractivity contribution is 0.618. The van der Waals surface area contributed by atoms with Crippen molar-refractivity contribution in [3.05, 3.63) is 59.4 Å². The molecular weight excluding hydrogens is 239 g/mol. The number of hydrogen-bond donors (Lipinski definition) is 1. The van der Waals surface area contributed by atoms with E-state index in [2.05, 4.69) is 0 Å². The molecule has 0 atom stereocenters. The number of para-hydroxylation sites is 1. The van der Waals surface area contributed by atoms with Crippen LogP contribution in [0.4, 0.5) is 15.8 Å². The van der Waals surface area contributed by atoms with Gasteiger partial charge in [-0.2, -0.15) is 0 Å². The Labute approximate surface area is 113 Å². The summed E-state index contributed by atoms with van der Waals surface area (Å²) in [4.78, 5) is 2.01. The minimum atomic E-state index is -0.189. The average Bonchev–Trinajstić information content (AvgIpc) is 2.41. The number of halogens is 1. The van der Waals surface area contributed by atoms with Gasteiger partial charge in [-0.3, -0.25) is 0 Å². The molecule has 0 heterocycles. The SMILES string of the molecule is CCN(Cc1cccc(N)c1C)c1ccccc1F. The fourth-order valence-electron chi connectivity index (χ4n) is 2.16. The molecule has 100 valence electrons. The first-order valence-electron chi connectivity index (χ1n) is 6.47. The molecule has 0 fully saturated rings. The molecule has 0 aromatic heterocycles. The lowest BCUT2D eigenvalue weighted by atomic mass is 10.1. The van der Waals surface area contributed by atoms with Crippen molar-refractivity contribution in [3.8, 4) is 0 Å². The summed E-state index contributed by atoms with van der Waals surface area (Å²) in [6.07, 6.45) is 0. The maximum Gasteiger partial charge on any atom is 0.146 e. The van der Waals surface area contributed by atoms with Crippen molar-refractivity contribution in [3.63, 3.8) is 0 Å². The van der Waals surface area contributed by atoms with Crippen LogP contribution in [0.15, 0.2) is 42.5 Å². The van der Waals surface area contributed by atoms with E-state index in [0.29, 0.717) is 12.2 Å². The van der Waals surface area contributed by atoms with Crippen LogP contribution in [0.2, 0.25) is 0 Å². The lowest BCUT2D eigenvalue weighted by Gasteiger charge is -2.24. The van der Waals surface area contributed by atoms with Gasteiger partial charge in [-0.15, -0.1) is 0 Å². The quantitative estimate of drug-likeness (QED) is 0.846. The smallest absolute Gasteiger partial charge is 0.146 e. The minimum absolute atomic E-state index is 0.189. The van der Waals surface area contributed by atoms with Crippen LogP contribution in [0.25, 0.3) is 0 Å². The topological polar surface area (TPSA) is 29.3 Å². The third-order valence-electron chi connectivity index (χ3n) is 3.42. The van der Waals surface area contributed by atoms with Gasteiger partial charge in [0.25, 0.3) is 0 Å². The minimum Gasteiger partial charge on any atom is -0.399 e. The fourth-order valence-corrected chi connectivity index (χ4v) is 2.16. The summed E-state index contributed by atoms with van der Waals surface area (Å²) >= 11 is 0. The maximum absolute atomic E-state index is 13.8. The number of nitrogens with two attached hydrogens (primary N) is 1. The van der Waals surface area contributed by atoms with Crippen LogP contribution in [0.1, 0.15) is 18.1 Å². The molecule has 0 radical (unpaired) electrons. The predicted molar refractivity (Wildman–Crippen MR) is 78.7 cm³/mol. The molecule has 0 unspecified atom stereocenters. The largest absolute Gasteiger partial charge is 0.399 e. The lowest BCUT2D eigenvalue weighted by Crippen LogP contribution is -2.23. The first kappa shape index (κ1) is 13.4. The van der Waals surface area contributed by atoms with Gasteiger partial charge in [0.2, 0.25) is 0 Å². The van der Waals surface area contributed by atoms with Crippen molar-refractivity contribution in [2.75, 3.05) is 17.2 Å². The molecule has 0 saturated heterocycles. The van der Waals surface area contributed by atoms with E-state index in [0.717, 1.165) is 23.4 Å². The van der Waals surface area contributed by atoms with Gasteiger partial charge in [0, 0.05) is 18.8 Å². The molecule has 0 aliphatic rings. The summed E-state index contributed by atoms with van der Waals surface area (Å²) in [5, 5.41) is 0. The summed E-state index contributed by atoms with van der Waals surface area (Å²) in [5.41, 5.74) is 9.52. The molecule has 3 heteroatoms. The van der Waals surface area contributed by atoms with E-state index in [1.54, 1.807) is 12.1 Å². The van der Waals surface area contributed by atoms with Crippen molar-refractivity contribution in [1.29, 1.82) is 0 Å². The van der Waals surface area contributed by atoms with Gasteiger partial charge >= 0.3 is 0 Å². The molecule has 0 bridgehead atoms. The van der Waals surface area contributed by atoms with Crippen molar-refractivity contribution >= 4 is 11.4 Å². The van der Waals surface area contributed by atoms with Crippen molar-refractivity contribution in [2.24, 2.45) is 0 Å². The van der Waals surface area contributed by atoms with E-state index >= 15 is 0 Å². The Morgan fingerprint density at radius 2 is 1.84 bits per heavy atom. The highest BCUT2D eigenvalue weighted by atomic mass is 19.1. The zero-order chi connectivity index (χ0) is 13.8. The van der Waals surface area contributed by atoms with Crippen LogP contribution < -0.4 is 10.6 Å². The van der Waals surface area contributed by atoms with E-state index < -0.39 is 0 Å². The summed E-state index contributed by atoms with van der Waals surface area (Å²) < 4.78 is 13.8. The van der Waals surface area contributed by atoms with Gasteiger partial charge in [0.05, 0.1) is 5.69 Å². The molecule has 0 aliphatic heterocycles. The zero-order valence-corrected chi connectivity index (χ0v) is 11.4. The molecule has 0 saturated carbocycles. The Morgan fingerprint density at radius 3 is 2.53 bits per heavy atom. The van der Waals surface area contributed by atoms with Crippen molar-refractivity contribution < 1.29 is 4.39 Å². The predicted octanol–water partition coefficient (Wildman–Crippen LogP) is 3.74. The second-order valence-corrected chi connectivity index (χ2v) is 4.60. The number of rotatable bonds is 4. The highest BCUT2D eigenvalue weighted by molar-refractivity contribution is 5.53. The van der Waals surface area contributed by atoms with Crippen LogP contribution in [-0.2, 0) is 6.54 Å². The van der Waals surface area contributed by atoms with Crippen LogP contribution in [0.5, 0.6) is 0 Å². The van der Waals surface area contributed by atoms with Gasteiger partial charge in [-0.25, -0.2) is 4.39 Å². The molecule has 0 aliphatic carbocycles. The first-order valence-corrected chi connectivity index (χ1v) is 6.47. The van der Waals surface area contributed by atoms with E-state index in [4.69, 9.17) is 5.73 Å². The molecule has 2 nitrogen and oxygen atoms in total. The molecule has 2 N–H and O–H groups in total. The Morgan fingerprint density at radius 1 is 1.11 bits per heavy atom. The second kappa shape index (κ2) is 5.74. The van der Waals surface area contributed by atoms with Gasteiger partial charge in [-0.1, -0.05) is 24.3 Å². The number of nitrogens with zero attached hydrogens (tertiary/aromatic N) is 1. The monoisotopic (exact) mass is 258 g/mol. The van der Waals surface area contributed by atoms with E-state index in [-0.39, 0.29) is 5.82 Å². The Hall–Kier alpha value is -2.03. The number of benzene rings is 2. The Bertz CT molecular complexity index is 566. The summed E-state index contributed by atoms with van der Waals surface area (Å²) in [7, 11) is 0. The van der Waals surface area contributed by atoms with Crippen LogP contribution in [0.3, 0.4) is 0 Å². The number of anilines is 2. The van der Waals surface area contributed by atoms with E-state index in [1.807, 2.05) is 43.0 Å². The van der Waals surface area contributed by atoms with Gasteiger partial charge < -0.3 is 10.6 Å². The second-order valence-electron chi connectivity index (χ2n) is 4.60. The summed E-state index contributed by atoms with van der Waals surface area (Å²) in [5.74, 6) is -0.189. The summed E-state index contributed by atoms with van der Waals surface area (Å²) in [6.45, 7) is 5.43. The normalized spacial score (nSPS) is 10.5. The Balaban J connectivity index is 2.30. The maximum atomic E-state index is 13.8. The van der Waals surface area contributed by atoms with Crippen LogP contribution in [0, 0.1) is 12.7 Å². The first-order chi connectivity index (χ1) is 9.13. The third-order valence-corrected chi connectivity index (χ3v) is 3.42. The van der Waals surface area contributed by atoms with Gasteiger partial charge in [0.15, 0.2) is 0 Å². The van der Waals surface area contributed by atoms with Crippen LogP contribution >= 0.6 is 0 Å². The summed E-state index contributed by atoms with van der Waals surface area (Å²) in [6, 6.07) is 12.7. The molecule has 2 rings (SSSR count). The highest BCUT2D eigenvalue weighted by Gasteiger charge is 2.11. The molecule has 0 amide bonds. The zero-order valence-electron chi connectivity index (χ0n) is 11.4. The Kier molecular flexibility index (Phi) is 4.05. The molecule has 2 aromatic carbocycles. The van der Waals surface area contributed by atoms with Crippen LogP contribution in [-0.4, -0.2) is 6.54 Å².